The molecule has 0 aromatic carbocycles. The second-order valence-electron chi connectivity index (χ2n) is 8.40. The van der Waals surface area contributed by atoms with Crippen LogP contribution in [-0.2, 0) is 6.54 Å². The number of aromatic nitrogens is 4. The lowest BCUT2D eigenvalue weighted by Gasteiger charge is -2.33. The Morgan fingerprint density at radius 3 is 2.59 bits per heavy atom. The van der Waals surface area contributed by atoms with E-state index in [1.165, 1.54) is 19.3 Å². The van der Waals surface area contributed by atoms with E-state index in [4.69, 9.17) is 4.98 Å². The largest absolute Gasteiger partial charge is 0.347 e. The van der Waals surface area contributed by atoms with Gasteiger partial charge in [-0.1, -0.05) is 0 Å². The van der Waals surface area contributed by atoms with Gasteiger partial charge in [-0.25, -0.2) is 15.0 Å². The highest BCUT2D eigenvalue weighted by Gasteiger charge is 2.24. The molecule has 2 aliphatic rings. The smallest absolute Gasteiger partial charge is 0.252 e. The predicted octanol–water partition coefficient (Wildman–Crippen LogP) is 2.00. The summed E-state index contributed by atoms with van der Waals surface area (Å²) in [5.74, 6) is 1.76. The molecule has 2 aromatic heterocycles. The van der Waals surface area contributed by atoms with Gasteiger partial charge in [0, 0.05) is 70.2 Å². The minimum absolute atomic E-state index is 0.0413. The van der Waals surface area contributed by atoms with Gasteiger partial charge in [-0.05, 0) is 38.6 Å². The lowest BCUT2D eigenvalue weighted by atomic mass is 9.94. The number of aromatic amines is 1. The number of nitrogens with zero attached hydrogens (tertiary/aromatic N) is 6. The number of H-pyrrole nitrogens is 1. The monoisotopic (exact) mass is 397 g/mol. The minimum atomic E-state index is -0.0413. The van der Waals surface area contributed by atoms with E-state index in [1.54, 1.807) is 6.07 Å². The maximum atomic E-state index is 12.3. The maximum Gasteiger partial charge on any atom is 0.252 e. The number of anilines is 2. The maximum absolute atomic E-state index is 12.3. The second-order valence-corrected chi connectivity index (χ2v) is 8.40. The fourth-order valence-electron chi connectivity index (χ4n) is 4.29. The molecule has 0 spiro atoms. The topological polar surface area (TPSA) is 81.3 Å². The van der Waals surface area contributed by atoms with Crippen LogP contribution in [0.3, 0.4) is 0 Å². The van der Waals surface area contributed by atoms with Gasteiger partial charge in [-0.3, -0.25) is 14.7 Å². The lowest BCUT2D eigenvalue weighted by Crippen LogP contribution is -2.36. The van der Waals surface area contributed by atoms with Gasteiger partial charge in [0.05, 0.1) is 5.69 Å². The number of piperidine rings is 2. The van der Waals surface area contributed by atoms with Crippen LogP contribution in [-0.4, -0.2) is 65.1 Å². The number of hydrogen-bond donors (Lipinski definition) is 1. The SMILES string of the molecule is CN(C)c1ncc(CN2CCCC(c3cc(=O)[nH]c(N4CCCCC4)n3)C2)cn1. The Hall–Kier alpha value is -2.48. The number of rotatable bonds is 5. The average Bonchev–Trinajstić information content (AvgIpc) is 2.74. The summed E-state index contributed by atoms with van der Waals surface area (Å²) in [5, 5.41) is 0. The van der Waals surface area contributed by atoms with Gasteiger partial charge in [-0.15, -0.1) is 0 Å². The van der Waals surface area contributed by atoms with Gasteiger partial charge in [0.1, 0.15) is 0 Å². The highest BCUT2D eigenvalue weighted by Crippen LogP contribution is 2.27. The predicted molar refractivity (Wildman–Crippen MR) is 115 cm³/mol. The third-order valence-corrected chi connectivity index (χ3v) is 5.83. The Morgan fingerprint density at radius 1 is 1.10 bits per heavy atom. The highest BCUT2D eigenvalue weighted by molar-refractivity contribution is 5.32. The Morgan fingerprint density at radius 2 is 1.86 bits per heavy atom. The van der Waals surface area contributed by atoms with E-state index in [0.29, 0.717) is 0 Å². The molecule has 2 saturated heterocycles. The molecule has 2 aliphatic heterocycles. The first kappa shape index (κ1) is 19.8. The van der Waals surface area contributed by atoms with Crippen molar-refractivity contribution in [2.45, 2.75) is 44.6 Å². The van der Waals surface area contributed by atoms with Crippen LogP contribution in [0.1, 0.15) is 49.3 Å². The third-order valence-electron chi connectivity index (χ3n) is 5.83. The molecule has 1 atom stereocenters. The van der Waals surface area contributed by atoms with Gasteiger partial charge in [-0.2, -0.15) is 0 Å². The standard InChI is InChI=1S/C21H31N7O/c1-26(2)20-22-12-16(13-23-20)14-27-8-6-7-17(15-27)18-11-19(29)25-21(24-18)28-9-4-3-5-10-28/h11-13,17H,3-10,14-15H2,1-2H3,(H,24,25,29). The van der Waals surface area contributed by atoms with E-state index in [1.807, 2.05) is 31.4 Å². The second kappa shape index (κ2) is 8.90. The van der Waals surface area contributed by atoms with Crippen molar-refractivity contribution < 1.29 is 0 Å². The van der Waals surface area contributed by atoms with E-state index in [0.717, 1.165) is 68.7 Å². The van der Waals surface area contributed by atoms with Crippen molar-refractivity contribution in [3.8, 4) is 0 Å². The van der Waals surface area contributed by atoms with Crippen molar-refractivity contribution in [2.24, 2.45) is 0 Å². The summed E-state index contributed by atoms with van der Waals surface area (Å²) < 4.78 is 0. The quantitative estimate of drug-likeness (QED) is 0.826. The molecule has 29 heavy (non-hydrogen) atoms. The highest BCUT2D eigenvalue weighted by atomic mass is 16.1. The van der Waals surface area contributed by atoms with E-state index >= 15 is 0 Å². The molecule has 0 amide bonds. The molecule has 1 unspecified atom stereocenters. The summed E-state index contributed by atoms with van der Waals surface area (Å²) in [7, 11) is 3.88. The number of nitrogens with one attached hydrogen (secondary N) is 1. The fraction of sp³-hybridized carbons (Fsp3) is 0.619. The molecule has 8 heteroatoms. The summed E-state index contributed by atoms with van der Waals surface area (Å²) >= 11 is 0. The fourth-order valence-corrected chi connectivity index (χ4v) is 4.29. The molecule has 0 radical (unpaired) electrons. The number of hydrogen-bond acceptors (Lipinski definition) is 7. The molecule has 0 saturated carbocycles. The summed E-state index contributed by atoms with van der Waals surface area (Å²) in [6.07, 6.45) is 9.59. The van der Waals surface area contributed by atoms with Crippen LogP contribution in [0.4, 0.5) is 11.9 Å². The molecule has 8 nitrogen and oxygen atoms in total. The molecule has 0 aliphatic carbocycles. The van der Waals surface area contributed by atoms with Crippen molar-refractivity contribution in [1.82, 2.24) is 24.8 Å². The molecule has 2 aromatic rings. The molecule has 4 rings (SSSR count). The van der Waals surface area contributed by atoms with Crippen molar-refractivity contribution in [1.29, 1.82) is 0 Å². The Balaban J connectivity index is 1.45. The molecule has 156 valence electrons. The van der Waals surface area contributed by atoms with Crippen LogP contribution in [0, 0.1) is 0 Å². The van der Waals surface area contributed by atoms with Crippen LogP contribution >= 0.6 is 0 Å². The van der Waals surface area contributed by atoms with Crippen LogP contribution in [0.25, 0.3) is 0 Å². The Kier molecular flexibility index (Phi) is 6.08. The van der Waals surface area contributed by atoms with Gasteiger partial charge >= 0.3 is 0 Å². The summed E-state index contributed by atoms with van der Waals surface area (Å²) in [6, 6.07) is 1.69. The van der Waals surface area contributed by atoms with Crippen molar-refractivity contribution in [3.63, 3.8) is 0 Å². The summed E-state index contributed by atoms with van der Waals surface area (Å²) in [6.45, 7) is 4.74. The molecular formula is C21H31N7O. The summed E-state index contributed by atoms with van der Waals surface area (Å²) in [4.78, 5) is 35.5. The van der Waals surface area contributed by atoms with Gasteiger partial charge < -0.3 is 9.80 Å². The lowest BCUT2D eigenvalue weighted by molar-refractivity contribution is 0.198. The first-order valence-electron chi connectivity index (χ1n) is 10.7. The molecular weight excluding hydrogens is 366 g/mol. The molecule has 1 N–H and O–H groups in total. The first-order valence-corrected chi connectivity index (χ1v) is 10.7. The normalized spacial score (nSPS) is 20.6. The van der Waals surface area contributed by atoms with Crippen molar-refractivity contribution in [2.75, 3.05) is 50.1 Å². The van der Waals surface area contributed by atoms with Crippen LogP contribution in [0.5, 0.6) is 0 Å². The molecule has 2 fully saturated rings. The number of likely N-dealkylation sites (tertiary alicyclic amines) is 1. The van der Waals surface area contributed by atoms with Gasteiger partial charge in [0.25, 0.3) is 5.56 Å². The first-order chi connectivity index (χ1) is 14.1. The summed E-state index contributed by atoms with van der Waals surface area (Å²) in [5.41, 5.74) is 2.00. The van der Waals surface area contributed by atoms with Crippen LogP contribution in [0.15, 0.2) is 23.3 Å². The van der Waals surface area contributed by atoms with Crippen molar-refractivity contribution in [3.05, 3.63) is 40.1 Å². The van der Waals surface area contributed by atoms with E-state index in [9.17, 15) is 4.79 Å². The van der Waals surface area contributed by atoms with E-state index in [-0.39, 0.29) is 11.5 Å². The van der Waals surface area contributed by atoms with Crippen LogP contribution in [0.2, 0.25) is 0 Å². The van der Waals surface area contributed by atoms with Gasteiger partial charge in [0.15, 0.2) is 0 Å². The zero-order chi connectivity index (χ0) is 20.2. The zero-order valence-corrected chi connectivity index (χ0v) is 17.5. The zero-order valence-electron chi connectivity index (χ0n) is 17.5. The van der Waals surface area contributed by atoms with E-state index < -0.39 is 0 Å². The van der Waals surface area contributed by atoms with E-state index in [2.05, 4.69) is 24.8 Å². The van der Waals surface area contributed by atoms with Crippen molar-refractivity contribution >= 4 is 11.9 Å². The van der Waals surface area contributed by atoms with Crippen LogP contribution < -0.4 is 15.4 Å². The minimum Gasteiger partial charge on any atom is -0.347 e. The van der Waals surface area contributed by atoms with Gasteiger partial charge in [0.2, 0.25) is 11.9 Å². The Bertz CT molecular complexity index is 858. The molecule has 4 heterocycles. The molecule has 0 bridgehead atoms. The third kappa shape index (κ3) is 4.93. The Labute approximate surface area is 172 Å². The average molecular weight is 398 g/mol.